The van der Waals surface area contributed by atoms with Crippen LogP contribution in [-0.4, -0.2) is 47.3 Å². The van der Waals surface area contributed by atoms with Crippen molar-refractivity contribution in [2.75, 3.05) is 25.6 Å². The van der Waals surface area contributed by atoms with Gasteiger partial charge in [0.1, 0.15) is 5.54 Å². The molecule has 0 radical (unpaired) electrons. The Morgan fingerprint density at radius 2 is 2.00 bits per heavy atom. The maximum Gasteiger partial charge on any atom is 0.256 e. The van der Waals surface area contributed by atoms with Gasteiger partial charge < -0.3 is 15.2 Å². The molecule has 1 saturated heterocycles. The van der Waals surface area contributed by atoms with Crippen LogP contribution < -0.4 is 11.3 Å². The lowest BCUT2D eigenvalue weighted by Crippen LogP contribution is -2.63. The van der Waals surface area contributed by atoms with Gasteiger partial charge in [-0.25, -0.2) is 0 Å². The van der Waals surface area contributed by atoms with E-state index in [-0.39, 0.29) is 11.8 Å². The number of nitrogens with two attached hydrogens (primary N) is 1. The number of hydrazine groups is 1. The number of hydrogen-bond acceptors (Lipinski definition) is 4. The van der Waals surface area contributed by atoms with Gasteiger partial charge in [-0.3, -0.25) is 15.4 Å². The fourth-order valence-electron chi connectivity index (χ4n) is 2.68. The number of nitrogen functional groups attached to an aromatic ring is 1. The minimum Gasteiger partial charge on any atom is -0.342 e. The number of hydrogen-bond donors (Lipinski definition) is 2. The van der Waals surface area contributed by atoms with E-state index in [1.54, 1.807) is 36.8 Å². The van der Waals surface area contributed by atoms with Crippen LogP contribution in [-0.2, 0) is 4.79 Å². The normalized spacial score (nSPS) is 17.9. The molecule has 0 unspecified atom stereocenters. The molecule has 2 rings (SSSR count). The van der Waals surface area contributed by atoms with Gasteiger partial charge in [0.25, 0.3) is 5.91 Å². The van der Waals surface area contributed by atoms with Crippen LogP contribution in [0.2, 0.25) is 0 Å². The van der Waals surface area contributed by atoms with Crippen molar-refractivity contribution in [3.8, 4) is 0 Å². The number of anilines is 1. The monoisotopic (exact) mass is 290 g/mol. The van der Waals surface area contributed by atoms with Gasteiger partial charge in [0.05, 0.1) is 11.3 Å². The summed E-state index contributed by atoms with van der Waals surface area (Å²) in [6, 6.07) is 5.42. The van der Waals surface area contributed by atoms with Crippen molar-refractivity contribution in [1.29, 1.82) is 0 Å². The lowest BCUT2D eigenvalue weighted by atomic mass is 9.96. The maximum atomic E-state index is 12.8. The fraction of sp³-hybridized carbons (Fsp3) is 0.467. The van der Waals surface area contributed by atoms with E-state index in [1.807, 2.05) is 19.1 Å². The van der Waals surface area contributed by atoms with Gasteiger partial charge in [0, 0.05) is 20.1 Å². The van der Waals surface area contributed by atoms with Crippen molar-refractivity contribution in [3.63, 3.8) is 0 Å². The minimum atomic E-state index is -0.860. The van der Waals surface area contributed by atoms with Crippen LogP contribution in [0.1, 0.15) is 29.8 Å². The molecule has 0 aromatic heterocycles. The van der Waals surface area contributed by atoms with Crippen LogP contribution in [0.25, 0.3) is 0 Å². The summed E-state index contributed by atoms with van der Waals surface area (Å²) in [6.07, 6.45) is 0. The lowest BCUT2D eigenvalue weighted by Gasteiger charge is -2.44. The highest BCUT2D eigenvalue weighted by molar-refractivity contribution is 6.03. The van der Waals surface area contributed by atoms with Crippen LogP contribution in [0, 0.1) is 6.92 Å². The Kier molecular flexibility index (Phi) is 3.91. The zero-order chi connectivity index (χ0) is 15.8. The van der Waals surface area contributed by atoms with Gasteiger partial charge >= 0.3 is 0 Å². The summed E-state index contributed by atoms with van der Waals surface area (Å²) in [4.78, 5) is 28.4. The first kappa shape index (κ1) is 15.3. The average molecular weight is 290 g/mol. The molecule has 6 heteroatoms. The summed E-state index contributed by atoms with van der Waals surface area (Å²) >= 11 is 0. The van der Waals surface area contributed by atoms with E-state index in [1.165, 1.54) is 0 Å². The third kappa shape index (κ3) is 2.58. The molecule has 3 N–H and O–H groups in total. The molecular weight excluding hydrogens is 268 g/mol. The van der Waals surface area contributed by atoms with Gasteiger partial charge in [0.15, 0.2) is 0 Å². The van der Waals surface area contributed by atoms with Crippen molar-refractivity contribution < 1.29 is 9.59 Å². The minimum absolute atomic E-state index is 0.0588. The topological polar surface area (TPSA) is 78.7 Å². The number of carbonyl (C=O) groups excluding carboxylic acids is 2. The average Bonchev–Trinajstić information content (AvgIpc) is 2.44. The number of aryl methyl sites for hydroxylation is 1. The van der Waals surface area contributed by atoms with Crippen molar-refractivity contribution in [2.24, 2.45) is 5.84 Å². The largest absolute Gasteiger partial charge is 0.342 e. The second kappa shape index (κ2) is 5.37. The summed E-state index contributed by atoms with van der Waals surface area (Å²) in [5.41, 5.74) is 3.76. The Bertz CT molecular complexity index is 583. The number of nitrogens with one attached hydrogen (secondary N) is 1. The third-order valence-corrected chi connectivity index (χ3v) is 4.01. The predicted molar refractivity (Wildman–Crippen MR) is 81.7 cm³/mol. The molecule has 1 fully saturated rings. The first-order valence-electron chi connectivity index (χ1n) is 6.94. The molecule has 0 saturated carbocycles. The van der Waals surface area contributed by atoms with E-state index in [9.17, 15) is 9.59 Å². The van der Waals surface area contributed by atoms with Crippen molar-refractivity contribution in [3.05, 3.63) is 29.3 Å². The van der Waals surface area contributed by atoms with E-state index in [0.29, 0.717) is 24.3 Å². The Morgan fingerprint density at radius 3 is 2.62 bits per heavy atom. The quantitative estimate of drug-likeness (QED) is 0.628. The number of nitrogens with zero attached hydrogens (tertiary/aromatic N) is 2. The smallest absolute Gasteiger partial charge is 0.256 e. The molecule has 1 aromatic rings. The molecule has 6 nitrogen and oxygen atoms in total. The molecule has 0 spiro atoms. The van der Waals surface area contributed by atoms with Crippen molar-refractivity contribution in [1.82, 2.24) is 9.80 Å². The molecule has 0 bridgehead atoms. The summed E-state index contributed by atoms with van der Waals surface area (Å²) in [6.45, 7) is 6.51. The Hall–Kier alpha value is -2.08. The Labute approximate surface area is 124 Å². The SMILES string of the molecule is Cc1ccc(C(=O)N2CCN(C)C(=O)C2(C)C)c(NN)c1. The van der Waals surface area contributed by atoms with Gasteiger partial charge in [-0.2, -0.15) is 0 Å². The van der Waals surface area contributed by atoms with Crippen LogP contribution in [0.4, 0.5) is 5.69 Å². The second-order valence-corrected chi connectivity index (χ2v) is 5.94. The van der Waals surface area contributed by atoms with Gasteiger partial charge in [-0.05, 0) is 38.5 Å². The Balaban J connectivity index is 2.38. The highest BCUT2D eigenvalue weighted by atomic mass is 16.2. The van der Waals surface area contributed by atoms with Crippen LogP contribution in [0.3, 0.4) is 0 Å². The molecule has 1 heterocycles. The number of carbonyl (C=O) groups is 2. The molecule has 114 valence electrons. The predicted octanol–water partition coefficient (Wildman–Crippen LogP) is 0.973. The second-order valence-electron chi connectivity index (χ2n) is 5.94. The maximum absolute atomic E-state index is 12.8. The highest BCUT2D eigenvalue weighted by Gasteiger charge is 2.43. The molecule has 1 aromatic carbocycles. The number of rotatable bonds is 2. The highest BCUT2D eigenvalue weighted by Crippen LogP contribution is 2.26. The van der Waals surface area contributed by atoms with E-state index in [4.69, 9.17) is 5.84 Å². The molecule has 0 atom stereocenters. The molecule has 0 aliphatic carbocycles. The first-order chi connectivity index (χ1) is 9.78. The van der Waals surface area contributed by atoms with Gasteiger partial charge in [0.2, 0.25) is 5.91 Å². The van der Waals surface area contributed by atoms with Gasteiger partial charge in [-0.15, -0.1) is 0 Å². The lowest BCUT2D eigenvalue weighted by molar-refractivity contribution is -0.144. The zero-order valence-corrected chi connectivity index (χ0v) is 12.9. The number of benzene rings is 1. The summed E-state index contributed by atoms with van der Waals surface area (Å²) in [5, 5.41) is 0. The van der Waals surface area contributed by atoms with Crippen molar-refractivity contribution >= 4 is 17.5 Å². The van der Waals surface area contributed by atoms with E-state index >= 15 is 0 Å². The molecule has 21 heavy (non-hydrogen) atoms. The van der Waals surface area contributed by atoms with Crippen LogP contribution >= 0.6 is 0 Å². The molecule has 2 amide bonds. The third-order valence-electron chi connectivity index (χ3n) is 4.01. The first-order valence-corrected chi connectivity index (χ1v) is 6.94. The van der Waals surface area contributed by atoms with E-state index < -0.39 is 5.54 Å². The summed E-state index contributed by atoms with van der Waals surface area (Å²) < 4.78 is 0. The molecule has 1 aliphatic rings. The number of piperazine rings is 1. The van der Waals surface area contributed by atoms with Crippen LogP contribution in [0.5, 0.6) is 0 Å². The molecular formula is C15H22N4O2. The standard InChI is InChI=1S/C15H22N4O2/c1-10-5-6-11(12(9-10)17-16)13(20)19-8-7-18(4)14(21)15(19,2)3/h5-6,9,17H,7-8,16H2,1-4H3. The number of amides is 2. The van der Waals surface area contributed by atoms with Gasteiger partial charge in [-0.1, -0.05) is 6.07 Å². The van der Waals surface area contributed by atoms with E-state index in [0.717, 1.165) is 5.56 Å². The van der Waals surface area contributed by atoms with E-state index in [2.05, 4.69) is 5.43 Å². The molecule has 1 aliphatic heterocycles. The van der Waals surface area contributed by atoms with Crippen molar-refractivity contribution in [2.45, 2.75) is 26.3 Å². The number of likely N-dealkylation sites (N-methyl/N-ethyl adjacent to an activating group) is 1. The zero-order valence-electron chi connectivity index (χ0n) is 12.9. The fourth-order valence-corrected chi connectivity index (χ4v) is 2.68. The summed E-state index contributed by atoms with van der Waals surface area (Å²) in [5.74, 6) is 5.26. The summed E-state index contributed by atoms with van der Waals surface area (Å²) in [7, 11) is 1.75. The van der Waals surface area contributed by atoms with Crippen LogP contribution in [0.15, 0.2) is 18.2 Å². The Morgan fingerprint density at radius 1 is 1.33 bits per heavy atom.